The monoisotopic (exact) mass is 335 g/mol. The fraction of sp³-hybridized carbons (Fsp3) is 0.312. The Morgan fingerprint density at radius 3 is 2.50 bits per heavy atom. The van der Waals surface area contributed by atoms with Crippen LogP contribution in [0.3, 0.4) is 0 Å². The van der Waals surface area contributed by atoms with E-state index in [2.05, 4.69) is 5.32 Å². The Labute approximate surface area is 134 Å². The lowest BCUT2D eigenvalue weighted by molar-refractivity contribution is -0.122. The van der Waals surface area contributed by atoms with E-state index in [1.165, 1.54) is 11.3 Å². The average Bonchev–Trinajstić information content (AvgIpc) is 3.25. The molecule has 1 aliphatic rings. The summed E-state index contributed by atoms with van der Waals surface area (Å²) in [4.78, 5) is 12.9. The maximum atomic E-state index is 12.9. The van der Waals surface area contributed by atoms with Crippen molar-refractivity contribution in [3.05, 3.63) is 52.7 Å². The van der Waals surface area contributed by atoms with E-state index in [1.807, 2.05) is 11.4 Å². The fourth-order valence-electron chi connectivity index (χ4n) is 2.30. The second kappa shape index (κ2) is 6.22. The Morgan fingerprint density at radius 1 is 1.18 bits per heavy atom. The molecular formula is C16H17NO3S2. The van der Waals surface area contributed by atoms with Crippen molar-refractivity contribution in [1.82, 2.24) is 5.32 Å². The van der Waals surface area contributed by atoms with Crippen LogP contribution in [0.4, 0.5) is 0 Å². The summed E-state index contributed by atoms with van der Waals surface area (Å²) in [5.41, 5.74) is 0. The van der Waals surface area contributed by atoms with Gasteiger partial charge in [-0.15, -0.1) is 11.3 Å². The number of carbonyl (C=O) groups excluding carboxylic acids is 1. The molecule has 1 aromatic carbocycles. The second-order valence-electron chi connectivity index (χ2n) is 5.38. The SMILES string of the molecule is O=C(NCC(c1cccs1)S(=O)(=O)c1ccccc1)C1CC1. The van der Waals surface area contributed by atoms with E-state index in [0.29, 0.717) is 0 Å². The molecule has 1 N–H and O–H groups in total. The first-order chi connectivity index (χ1) is 10.6. The second-order valence-corrected chi connectivity index (χ2v) is 8.49. The first kappa shape index (κ1) is 15.2. The number of hydrogen-bond donors (Lipinski definition) is 1. The van der Waals surface area contributed by atoms with Crippen LogP contribution < -0.4 is 5.32 Å². The molecule has 4 nitrogen and oxygen atoms in total. The van der Waals surface area contributed by atoms with Gasteiger partial charge in [0.1, 0.15) is 5.25 Å². The van der Waals surface area contributed by atoms with Crippen LogP contribution in [0.2, 0.25) is 0 Å². The van der Waals surface area contributed by atoms with Crippen LogP contribution in [0, 0.1) is 5.92 Å². The minimum atomic E-state index is -3.53. The molecule has 1 fully saturated rings. The van der Waals surface area contributed by atoms with E-state index in [-0.39, 0.29) is 23.3 Å². The fourth-order valence-corrected chi connectivity index (χ4v) is 5.10. The summed E-state index contributed by atoms with van der Waals surface area (Å²) in [6.45, 7) is 0.118. The molecule has 1 aliphatic carbocycles. The highest BCUT2D eigenvalue weighted by Crippen LogP contribution is 2.32. The summed E-state index contributed by atoms with van der Waals surface area (Å²) in [5, 5.41) is 3.91. The minimum absolute atomic E-state index is 0.0372. The molecule has 1 aromatic heterocycles. The molecule has 6 heteroatoms. The number of benzene rings is 1. The summed E-state index contributed by atoms with van der Waals surface area (Å²) in [6.07, 6.45) is 1.81. The van der Waals surface area contributed by atoms with Crippen LogP contribution in [0.1, 0.15) is 23.0 Å². The quantitative estimate of drug-likeness (QED) is 0.883. The van der Waals surface area contributed by atoms with Gasteiger partial charge in [0.15, 0.2) is 9.84 Å². The molecule has 1 heterocycles. The van der Waals surface area contributed by atoms with E-state index < -0.39 is 15.1 Å². The van der Waals surface area contributed by atoms with Crippen LogP contribution in [0.25, 0.3) is 0 Å². The molecule has 1 unspecified atom stereocenters. The van der Waals surface area contributed by atoms with Crippen LogP contribution >= 0.6 is 11.3 Å². The van der Waals surface area contributed by atoms with Crippen molar-refractivity contribution in [2.45, 2.75) is 23.0 Å². The Morgan fingerprint density at radius 2 is 1.91 bits per heavy atom. The number of carbonyl (C=O) groups is 1. The maximum absolute atomic E-state index is 12.9. The zero-order valence-electron chi connectivity index (χ0n) is 11.9. The van der Waals surface area contributed by atoms with Crippen LogP contribution in [0.15, 0.2) is 52.7 Å². The number of nitrogens with one attached hydrogen (secondary N) is 1. The first-order valence-corrected chi connectivity index (χ1v) is 9.61. The van der Waals surface area contributed by atoms with E-state index in [9.17, 15) is 13.2 Å². The lowest BCUT2D eigenvalue weighted by Crippen LogP contribution is -2.32. The molecule has 22 heavy (non-hydrogen) atoms. The highest BCUT2D eigenvalue weighted by Gasteiger charge is 2.33. The van der Waals surface area contributed by atoms with Gasteiger partial charge in [-0.3, -0.25) is 4.79 Å². The zero-order chi connectivity index (χ0) is 15.6. The third-order valence-electron chi connectivity index (χ3n) is 3.72. The highest BCUT2D eigenvalue weighted by molar-refractivity contribution is 7.91. The molecule has 0 spiro atoms. The molecule has 1 amide bonds. The van der Waals surface area contributed by atoms with E-state index in [0.717, 1.165) is 17.7 Å². The van der Waals surface area contributed by atoms with Crippen LogP contribution in [0.5, 0.6) is 0 Å². The molecule has 3 rings (SSSR count). The standard InChI is InChI=1S/C16H17NO3S2/c18-16(12-8-9-12)17-11-15(14-7-4-10-21-14)22(19,20)13-5-2-1-3-6-13/h1-7,10,12,15H,8-9,11H2,(H,17,18). The van der Waals surface area contributed by atoms with Crippen molar-refractivity contribution in [2.24, 2.45) is 5.92 Å². The van der Waals surface area contributed by atoms with Gasteiger partial charge in [0.05, 0.1) is 4.90 Å². The minimum Gasteiger partial charge on any atom is -0.354 e. The molecule has 0 aliphatic heterocycles. The Kier molecular flexibility index (Phi) is 4.31. The maximum Gasteiger partial charge on any atom is 0.223 e. The first-order valence-electron chi connectivity index (χ1n) is 7.19. The summed E-state index contributed by atoms with van der Waals surface area (Å²) in [7, 11) is -3.53. The molecular weight excluding hydrogens is 318 g/mol. The molecule has 0 bridgehead atoms. The average molecular weight is 335 g/mol. The zero-order valence-corrected chi connectivity index (χ0v) is 13.6. The van der Waals surface area contributed by atoms with Crippen molar-refractivity contribution in [2.75, 3.05) is 6.54 Å². The molecule has 0 radical (unpaired) electrons. The molecule has 1 atom stereocenters. The number of hydrogen-bond acceptors (Lipinski definition) is 4. The van der Waals surface area contributed by atoms with Crippen molar-refractivity contribution in [1.29, 1.82) is 0 Å². The smallest absolute Gasteiger partial charge is 0.223 e. The van der Waals surface area contributed by atoms with Gasteiger partial charge >= 0.3 is 0 Å². The molecule has 116 valence electrons. The Hall–Kier alpha value is -1.66. The van der Waals surface area contributed by atoms with Crippen molar-refractivity contribution in [3.63, 3.8) is 0 Å². The number of thiophene rings is 1. The van der Waals surface area contributed by atoms with Gasteiger partial charge in [0.2, 0.25) is 5.91 Å². The summed E-state index contributed by atoms with van der Waals surface area (Å²) in [6, 6.07) is 12.0. The van der Waals surface area contributed by atoms with Crippen LogP contribution in [-0.2, 0) is 14.6 Å². The van der Waals surface area contributed by atoms with Gasteiger partial charge in [-0.2, -0.15) is 0 Å². The summed E-state index contributed by atoms with van der Waals surface area (Å²) < 4.78 is 25.8. The van der Waals surface area contributed by atoms with Gasteiger partial charge < -0.3 is 5.32 Å². The summed E-state index contributed by atoms with van der Waals surface area (Å²) in [5.74, 6) is 0.0354. The number of rotatable bonds is 6. The van der Waals surface area contributed by atoms with Crippen molar-refractivity contribution < 1.29 is 13.2 Å². The molecule has 1 saturated carbocycles. The Balaban J connectivity index is 1.86. The molecule has 0 saturated heterocycles. The number of sulfone groups is 1. The largest absolute Gasteiger partial charge is 0.354 e. The van der Waals surface area contributed by atoms with Gasteiger partial charge in [-0.1, -0.05) is 24.3 Å². The number of amides is 1. The summed E-state index contributed by atoms with van der Waals surface area (Å²) >= 11 is 1.40. The third kappa shape index (κ3) is 3.23. The van der Waals surface area contributed by atoms with Gasteiger partial charge in [-0.25, -0.2) is 8.42 Å². The predicted octanol–water partition coefficient (Wildman–Crippen LogP) is 2.79. The highest BCUT2D eigenvalue weighted by atomic mass is 32.2. The van der Waals surface area contributed by atoms with E-state index in [4.69, 9.17) is 0 Å². The molecule has 2 aromatic rings. The third-order valence-corrected chi connectivity index (χ3v) is 6.95. The normalized spacial score (nSPS) is 16.2. The topological polar surface area (TPSA) is 63.2 Å². The van der Waals surface area contributed by atoms with Gasteiger partial charge in [0.25, 0.3) is 0 Å². The van der Waals surface area contributed by atoms with Crippen molar-refractivity contribution >= 4 is 27.1 Å². The lowest BCUT2D eigenvalue weighted by Gasteiger charge is -2.17. The van der Waals surface area contributed by atoms with Gasteiger partial charge in [-0.05, 0) is 36.4 Å². The Bertz CT molecular complexity index is 735. The van der Waals surface area contributed by atoms with Gasteiger partial charge in [0, 0.05) is 17.3 Å². The van der Waals surface area contributed by atoms with E-state index in [1.54, 1.807) is 36.4 Å². The van der Waals surface area contributed by atoms with Crippen LogP contribution in [-0.4, -0.2) is 20.9 Å². The predicted molar refractivity (Wildman–Crippen MR) is 86.4 cm³/mol. The lowest BCUT2D eigenvalue weighted by atomic mass is 10.3. The van der Waals surface area contributed by atoms with E-state index >= 15 is 0 Å². The van der Waals surface area contributed by atoms with Crippen molar-refractivity contribution in [3.8, 4) is 0 Å².